The molecule has 1 atom stereocenters. The monoisotopic (exact) mass is 341 g/mol. The van der Waals surface area contributed by atoms with Crippen molar-refractivity contribution in [2.75, 3.05) is 7.11 Å². The van der Waals surface area contributed by atoms with Gasteiger partial charge < -0.3 is 15.0 Å². The molecule has 1 aliphatic carbocycles. The summed E-state index contributed by atoms with van der Waals surface area (Å²) in [6.45, 7) is 0.760. The molecule has 0 spiro atoms. The van der Waals surface area contributed by atoms with E-state index in [4.69, 9.17) is 15.5 Å². The van der Waals surface area contributed by atoms with Crippen LogP contribution in [0.1, 0.15) is 55.1 Å². The van der Waals surface area contributed by atoms with Gasteiger partial charge in [-0.05, 0) is 18.4 Å². The number of aromatic nitrogens is 2. The third kappa shape index (κ3) is 4.28. The predicted molar refractivity (Wildman–Crippen MR) is 97.3 cm³/mol. The third-order valence-electron chi connectivity index (χ3n) is 5.06. The highest BCUT2D eigenvalue weighted by Gasteiger charge is 2.24. The summed E-state index contributed by atoms with van der Waals surface area (Å²) in [4.78, 5) is 16.4. The maximum absolute atomic E-state index is 11.7. The van der Waals surface area contributed by atoms with Crippen molar-refractivity contribution in [3.63, 3.8) is 0 Å². The van der Waals surface area contributed by atoms with Gasteiger partial charge in [0.25, 0.3) is 0 Å². The van der Waals surface area contributed by atoms with E-state index in [-0.39, 0.29) is 5.97 Å². The zero-order valence-electron chi connectivity index (χ0n) is 14.9. The summed E-state index contributed by atoms with van der Waals surface area (Å²) in [5.41, 5.74) is 8.22. The van der Waals surface area contributed by atoms with Crippen LogP contribution in [0.3, 0.4) is 0 Å². The second-order valence-electron chi connectivity index (χ2n) is 6.85. The summed E-state index contributed by atoms with van der Waals surface area (Å²) < 4.78 is 7.03. The molecule has 134 valence electrons. The Morgan fingerprint density at radius 3 is 2.68 bits per heavy atom. The Hall–Kier alpha value is -2.14. The topological polar surface area (TPSA) is 70.1 Å². The molecule has 25 heavy (non-hydrogen) atoms. The number of hydrogen-bond acceptors (Lipinski definition) is 4. The van der Waals surface area contributed by atoms with Crippen molar-refractivity contribution in [1.29, 1.82) is 0 Å². The van der Waals surface area contributed by atoms with Crippen LogP contribution >= 0.6 is 0 Å². The highest BCUT2D eigenvalue weighted by molar-refractivity contribution is 5.75. The van der Waals surface area contributed by atoms with Gasteiger partial charge in [-0.1, -0.05) is 49.6 Å². The second kappa shape index (κ2) is 8.30. The lowest BCUT2D eigenvalue weighted by molar-refractivity contribution is -0.142. The van der Waals surface area contributed by atoms with Gasteiger partial charge in [0.1, 0.15) is 11.9 Å². The van der Waals surface area contributed by atoms with Crippen LogP contribution < -0.4 is 5.73 Å². The molecule has 5 heteroatoms. The van der Waals surface area contributed by atoms with Gasteiger partial charge in [0, 0.05) is 30.8 Å². The smallest absolute Gasteiger partial charge is 0.323 e. The summed E-state index contributed by atoms with van der Waals surface area (Å²) in [7, 11) is 1.37. The van der Waals surface area contributed by atoms with Crippen LogP contribution in [0.15, 0.2) is 36.5 Å². The van der Waals surface area contributed by atoms with Gasteiger partial charge in [0.15, 0.2) is 0 Å². The average Bonchev–Trinajstić information content (AvgIpc) is 3.04. The van der Waals surface area contributed by atoms with Crippen molar-refractivity contribution in [1.82, 2.24) is 9.55 Å². The first-order valence-electron chi connectivity index (χ1n) is 9.10. The molecule has 1 aliphatic rings. The van der Waals surface area contributed by atoms with E-state index in [9.17, 15) is 4.79 Å². The maximum atomic E-state index is 11.7. The Labute approximate surface area is 149 Å². The summed E-state index contributed by atoms with van der Waals surface area (Å²) >= 11 is 0. The van der Waals surface area contributed by atoms with E-state index in [0.717, 1.165) is 18.1 Å². The van der Waals surface area contributed by atoms with Crippen LogP contribution in [0.4, 0.5) is 0 Å². The van der Waals surface area contributed by atoms with Crippen LogP contribution in [-0.2, 0) is 22.5 Å². The van der Waals surface area contributed by atoms with Gasteiger partial charge in [-0.3, -0.25) is 4.79 Å². The Morgan fingerprint density at radius 1 is 1.28 bits per heavy atom. The van der Waals surface area contributed by atoms with Gasteiger partial charge in [-0.2, -0.15) is 0 Å². The van der Waals surface area contributed by atoms with Crippen LogP contribution in [0.2, 0.25) is 0 Å². The molecule has 5 nitrogen and oxygen atoms in total. The van der Waals surface area contributed by atoms with Crippen molar-refractivity contribution >= 4 is 5.97 Å². The minimum Gasteiger partial charge on any atom is -0.468 e. The van der Waals surface area contributed by atoms with Gasteiger partial charge in [-0.15, -0.1) is 0 Å². The fourth-order valence-corrected chi connectivity index (χ4v) is 3.69. The van der Waals surface area contributed by atoms with E-state index in [0.29, 0.717) is 12.3 Å². The molecule has 0 saturated heterocycles. The number of benzene rings is 1. The molecule has 0 aliphatic heterocycles. The van der Waals surface area contributed by atoms with E-state index >= 15 is 0 Å². The normalized spacial score (nSPS) is 16.6. The molecule has 0 radical (unpaired) electrons. The van der Waals surface area contributed by atoms with Gasteiger partial charge in [0.05, 0.1) is 7.11 Å². The first-order chi connectivity index (χ1) is 12.2. The zero-order chi connectivity index (χ0) is 17.6. The lowest BCUT2D eigenvalue weighted by Gasteiger charge is -2.23. The summed E-state index contributed by atoms with van der Waals surface area (Å²) in [6, 6.07) is 9.70. The van der Waals surface area contributed by atoms with Gasteiger partial charge >= 0.3 is 5.97 Å². The van der Waals surface area contributed by atoms with Crippen LogP contribution in [0.5, 0.6) is 0 Å². The standard InChI is InChI=1S/C20H27N3O2/c1-25-20(24)18(21)12-17-13-22-19(16-10-6-3-7-11-16)23(17)14-15-8-4-2-5-9-15/h2,4-5,8-9,13,16,18H,3,6-7,10-12,14,21H2,1H3/t18-/m0/s1. The van der Waals surface area contributed by atoms with E-state index in [2.05, 4.69) is 16.7 Å². The minimum absolute atomic E-state index is 0.383. The van der Waals surface area contributed by atoms with Crippen molar-refractivity contribution in [2.45, 2.75) is 57.0 Å². The minimum atomic E-state index is -0.657. The number of nitrogens with two attached hydrogens (primary N) is 1. The first-order valence-corrected chi connectivity index (χ1v) is 9.10. The zero-order valence-corrected chi connectivity index (χ0v) is 14.9. The molecule has 1 aromatic carbocycles. The van der Waals surface area contributed by atoms with Gasteiger partial charge in [0.2, 0.25) is 0 Å². The molecule has 0 bridgehead atoms. The number of methoxy groups -OCH3 is 1. The largest absolute Gasteiger partial charge is 0.468 e. The van der Waals surface area contributed by atoms with Crippen LogP contribution in [-0.4, -0.2) is 28.7 Å². The number of hydrogen-bond donors (Lipinski definition) is 1. The van der Waals surface area contributed by atoms with Gasteiger partial charge in [-0.25, -0.2) is 4.98 Å². The second-order valence-corrected chi connectivity index (χ2v) is 6.85. The number of carbonyl (C=O) groups is 1. The SMILES string of the molecule is COC(=O)[C@@H](N)Cc1cnc(C2CCCCC2)n1Cc1ccccc1. The van der Waals surface area contributed by atoms with Crippen molar-refractivity contribution in [3.8, 4) is 0 Å². The molecule has 0 amide bonds. The molecule has 0 unspecified atom stereocenters. The highest BCUT2D eigenvalue weighted by atomic mass is 16.5. The first kappa shape index (κ1) is 17.7. The lowest BCUT2D eigenvalue weighted by Crippen LogP contribution is -2.34. The number of nitrogens with zero attached hydrogens (tertiary/aromatic N) is 2. The Bertz CT molecular complexity index is 690. The molecular weight excluding hydrogens is 314 g/mol. The average molecular weight is 341 g/mol. The van der Waals surface area contributed by atoms with Crippen molar-refractivity contribution in [2.24, 2.45) is 5.73 Å². The summed E-state index contributed by atoms with van der Waals surface area (Å²) in [6.07, 6.45) is 8.55. The number of carbonyl (C=O) groups excluding carboxylic acids is 1. The van der Waals surface area contributed by atoms with E-state index in [1.165, 1.54) is 44.8 Å². The molecule has 2 aromatic rings. The van der Waals surface area contributed by atoms with Crippen molar-refractivity contribution in [3.05, 3.63) is 53.6 Å². The van der Waals surface area contributed by atoms with E-state index in [1.807, 2.05) is 24.4 Å². The molecule has 1 aromatic heterocycles. The molecule has 3 rings (SSSR count). The molecular formula is C20H27N3O2. The quantitative estimate of drug-likeness (QED) is 0.820. The predicted octanol–water partition coefficient (Wildman–Crippen LogP) is 3.02. The van der Waals surface area contributed by atoms with E-state index < -0.39 is 6.04 Å². The molecule has 1 fully saturated rings. The lowest BCUT2D eigenvalue weighted by atomic mass is 9.88. The number of imidazole rings is 1. The summed E-state index contributed by atoms with van der Waals surface area (Å²) in [5, 5.41) is 0. The van der Waals surface area contributed by atoms with Crippen LogP contribution in [0.25, 0.3) is 0 Å². The fourth-order valence-electron chi connectivity index (χ4n) is 3.69. The Kier molecular flexibility index (Phi) is 5.87. The third-order valence-corrected chi connectivity index (χ3v) is 5.06. The Balaban J connectivity index is 1.88. The maximum Gasteiger partial charge on any atom is 0.323 e. The number of esters is 1. The molecule has 1 heterocycles. The fraction of sp³-hybridized carbons (Fsp3) is 0.500. The Morgan fingerprint density at radius 2 is 2.00 bits per heavy atom. The van der Waals surface area contributed by atoms with Crippen molar-refractivity contribution < 1.29 is 9.53 Å². The van der Waals surface area contributed by atoms with E-state index in [1.54, 1.807) is 0 Å². The van der Waals surface area contributed by atoms with Crippen LogP contribution in [0, 0.1) is 0 Å². The molecule has 2 N–H and O–H groups in total. The number of ether oxygens (including phenoxy) is 1. The molecule has 1 saturated carbocycles. The summed E-state index contributed by atoms with van der Waals surface area (Å²) in [5.74, 6) is 1.25. The highest BCUT2D eigenvalue weighted by Crippen LogP contribution is 2.32. The number of rotatable bonds is 6.